The van der Waals surface area contributed by atoms with Crippen molar-refractivity contribution in [2.24, 2.45) is 61.9 Å². The van der Waals surface area contributed by atoms with Crippen molar-refractivity contribution in [1.29, 1.82) is 0 Å². The fourth-order valence-electron chi connectivity index (χ4n) is 12.1. The zero-order valence-electron chi connectivity index (χ0n) is 34.0. The van der Waals surface area contributed by atoms with Crippen molar-refractivity contribution in [3.05, 3.63) is 23.8 Å². The second-order valence-corrected chi connectivity index (χ2v) is 20.1. The molecule has 1 aromatic heterocycles. The third-order valence-corrected chi connectivity index (χ3v) is 16.5. The van der Waals surface area contributed by atoms with Gasteiger partial charge >= 0.3 is 6.16 Å². The molecule has 0 spiro atoms. The van der Waals surface area contributed by atoms with Crippen molar-refractivity contribution in [3.63, 3.8) is 0 Å². The van der Waals surface area contributed by atoms with Crippen molar-refractivity contribution in [1.82, 2.24) is 20.1 Å². The standard InChI is InChI=1S/C41H67N5O6/c1-24(2)25(3)36(7)17-18-38(9)26-13-14-29-37(8)20-50-22-41(29,27(26)15-16-39(38,10)33(36)52-34(48)49)19-28(46-31(32(47)43-12)44-23-45-46)30(37)51-21-40(11,42)35(4,5)6/h15,23-26,28-30,33H,13-14,16-22,42H2,1-12H3,(H,43,47)(H,48,49)/t25-,26+,28-,29+,30+,33-,36-,37-,38-,39-,40+,41+/m1/s1. The van der Waals surface area contributed by atoms with Gasteiger partial charge in [-0.1, -0.05) is 80.9 Å². The number of carboxylic acid groups (broad SMARTS) is 1. The molecule has 4 N–H and O–H groups in total. The number of ether oxygens (including phenoxy) is 3. The Morgan fingerprint density at radius 3 is 2.40 bits per heavy atom. The number of amides is 1. The topological polar surface area (TPSA) is 151 Å². The Labute approximate surface area is 311 Å². The lowest BCUT2D eigenvalue weighted by Crippen LogP contribution is -2.70. The fourth-order valence-corrected chi connectivity index (χ4v) is 12.1. The van der Waals surface area contributed by atoms with Gasteiger partial charge in [0.2, 0.25) is 5.82 Å². The van der Waals surface area contributed by atoms with Crippen LogP contribution >= 0.6 is 0 Å². The molecule has 0 radical (unpaired) electrons. The highest BCUT2D eigenvalue weighted by Gasteiger charge is 2.72. The number of carbonyl (C=O) groups excluding carboxylic acids is 1. The molecule has 4 fully saturated rings. The first-order chi connectivity index (χ1) is 24.0. The minimum absolute atomic E-state index is 0.196. The number of rotatable bonds is 8. The second kappa shape index (κ2) is 12.8. The SMILES string of the molecule is CNC(=O)c1ncnn1[C@@H]1C[C@@]23COC[C@](C)([C@@H]2CC[C@H]2C3=CC[C@]3(C)[C@H](OC(=O)O)[C@@](C)([C@H](C)C(C)C)CC[C@]23C)[C@H]1OC[C@](C)(N)C(C)(C)C. The van der Waals surface area contributed by atoms with E-state index in [1.807, 2.05) is 4.68 Å². The lowest BCUT2D eigenvalue weighted by atomic mass is 9.35. The number of allylic oxidation sites excluding steroid dienone is 1. The summed E-state index contributed by atoms with van der Waals surface area (Å²) in [5.74, 6) is 1.17. The van der Waals surface area contributed by atoms with Crippen molar-refractivity contribution >= 4 is 12.1 Å². The van der Waals surface area contributed by atoms with Gasteiger partial charge in [-0.2, -0.15) is 5.10 Å². The highest BCUT2D eigenvalue weighted by atomic mass is 16.7. The Balaban J connectivity index is 1.47. The van der Waals surface area contributed by atoms with E-state index in [0.717, 1.165) is 32.1 Å². The van der Waals surface area contributed by atoms with Crippen LogP contribution in [0, 0.1) is 56.2 Å². The van der Waals surface area contributed by atoms with E-state index in [-0.39, 0.29) is 63.3 Å². The van der Waals surface area contributed by atoms with E-state index < -0.39 is 28.6 Å². The van der Waals surface area contributed by atoms with Crippen LogP contribution in [0.25, 0.3) is 0 Å². The van der Waals surface area contributed by atoms with E-state index in [0.29, 0.717) is 32.2 Å². The molecule has 52 heavy (non-hydrogen) atoms. The molecular weight excluding hydrogens is 658 g/mol. The van der Waals surface area contributed by atoms with Crippen LogP contribution in [-0.2, 0) is 14.2 Å². The van der Waals surface area contributed by atoms with Gasteiger partial charge in [0.15, 0.2) is 0 Å². The number of carbonyl (C=O) groups is 2. The van der Waals surface area contributed by atoms with Crippen LogP contribution in [0.5, 0.6) is 0 Å². The van der Waals surface area contributed by atoms with E-state index in [1.165, 1.54) is 11.9 Å². The largest absolute Gasteiger partial charge is 0.506 e. The summed E-state index contributed by atoms with van der Waals surface area (Å²) < 4.78 is 21.7. The number of nitrogens with zero attached hydrogens (tertiary/aromatic N) is 3. The first-order valence-corrected chi connectivity index (χ1v) is 19.7. The Bertz CT molecular complexity index is 1580. The van der Waals surface area contributed by atoms with E-state index >= 15 is 0 Å². The first-order valence-electron chi connectivity index (χ1n) is 19.7. The second-order valence-electron chi connectivity index (χ2n) is 20.1. The van der Waals surface area contributed by atoms with Gasteiger partial charge in [-0.05, 0) is 80.0 Å². The van der Waals surface area contributed by atoms with Crippen molar-refractivity contribution in [2.45, 2.75) is 138 Å². The molecule has 1 aromatic rings. The molecule has 6 rings (SSSR count). The Morgan fingerprint density at radius 2 is 1.79 bits per heavy atom. The molecule has 1 aliphatic heterocycles. The molecule has 1 saturated heterocycles. The number of hydrogen-bond donors (Lipinski definition) is 3. The quantitative estimate of drug-likeness (QED) is 0.186. The monoisotopic (exact) mass is 726 g/mol. The Kier molecular flexibility index (Phi) is 9.64. The number of nitrogens with two attached hydrogens (primary N) is 1. The molecule has 0 unspecified atom stereocenters. The predicted molar refractivity (Wildman–Crippen MR) is 200 cm³/mol. The highest BCUT2D eigenvalue weighted by molar-refractivity contribution is 5.90. The van der Waals surface area contributed by atoms with Gasteiger partial charge in [0.05, 0.1) is 32.0 Å². The molecule has 2 bridgehead atoms. The molecule has 11 heteroatoms. The maximum Gasteiger partial charge on any atom is 0.506 e. The summed E-state index contributed by atoms with van der Waals surface area (Å²) in [4.78, 5) is 30.1. The lowest BCUT2D eigenvalue weighted by Gasteiger charge is -2.71. The predicted octanol–water partition coefficient (Wildman–Crippen LogP) is 7.28. The van der Waals surface area contributed by atoms with Crippen molar-refractivity contribution in [3.8, 4) is 0 Å². The highest BCUT2D eigenvalue weighted by Crippen LogP contribution is 2.74. The van der Waals surface area contributed by atoms with E-state index in [1.54, 1.807) is 7.05 Å². The summed E-state index contributed by atoms with van der Waals surface area (Å²) >= 11 is 0. The summed E-state index contributed by atoms with van der Waals surface area (Å²) in [7, 11) is 1.62. The van der Waals surface area contributed by atoms with Crippen LogP contribution in [0.2, 0.25) is 0 Å². The molecular formula is C41H67N5O6. The van der Waals surface area contributed by atoms with Gasteiger partial charge in [-0.15, -0.1) is 0 Å². The molecule has 1 amide bonds. The lowest BCUT2D eigenvalue weighted by molar-refractivity contribution is -0.257. The van der Waals surface area contributed by atoms with Crippen LogP contribution in [0.15, 0.2) is 18.0 Å². The fraction of sp³-hybridized carbons (Fsp3) is 0.854. The summed E-state index contributed by atoms with van der Waals surface area (Å²) in [5.41, 5.74) is 5.96. The smallest absolute Gasteiger partial charge is 0.450 e. The number of fused-ring (bicyclic) bond motifs is 3. The third-order valence-electron chi connectivity index (χ3n) is 16.5. The van der Waals surface area contributed by atoms with Crippen LogP contribution in [0.1, 0.15) is 131 Å². The third kappa shape index (κ3) is 5.51. The average Bonchev–Trinajstić information content (AvgIpc) is 3.55. The van der Waals surface area contributed by atoms with Crippen LogP contribution in [0.3, 0.4) is 0 Å². The van der Waals surface area contributed by atoms with Crippen molar-refractivity contribution in [2.75, 3.05) is 26.9 Å². The molecule has 11 nitrogen and oxygen atoms in total. The first kappa shape index (κ1) is 39.2. The molecule has 3 saturated carbocycles. The van der Waals surface area contributed by atoms with E-state index in [4.69, 9.17) is 25.0 Å². The normalized spacial score (nSPS) is 41.8. The molecule has 2 heterocycles. The van der Waals surface area contributed by atoms with E-state index in [2.05, 4.69) is 92.5 Å². The van der Waals surface area contributed by atoms with Crippen molar-refractivity contribution < 1.29 is 28.9 Å². The van der Waals surface area contributed by atoms with Crippen LogP contribution < -0.4 is 11.1 Å². The van der Waals surface area contributed by atoms with Gasteiger partial charge < -0.3 is 30.4 Å². The summed E-state index contributed by atoms with van der Waals surface area (Å²) in [6, 6.07) is -0.291. The zero-order valence-corrected chi connectivity index (χ0v) is 34.0. The minimum Gasteiger partial charge on any atom is -0.450 e. The van der Waals surface area contributed by atoms with E-state index in [9.17, 15) is 14.7 Å². The van der Waals surface area contributed by atoms with Crippen LogP contribution in [0.4, 0.5) is 4.79 Å². The maximum atomic E-state index is 13.2. The Morgan fingerprint density at radius 1 is 1.10 bits per heavy atom. The molecule has 4 aliphatic carbocycles. The van der Waals surface area contributed by atoms with Gasteiger partial charge in [0, 0.05) is 34.2 Å². The molecule has 292 valence electrons. The molecule has 5 aliphatic rings. The average molecular weight is 726 g/mol. The summed E-state index contributed by atoms with van der Waals surface area (Å²) in [6.07, 6.45) is 7.32. The maximum absolute atomic E-state index is 13.2. The van der Waals surface area contributed by atoms with Crippen LogP contribution in [-0.4, -0.2) is 76.5 Å². The summed E-state index contributed by atoms with van der Waals surface area (Å²) in [6.45, 7) is 26.0. The van der Waals surface area contributed by atoms with Gasteiger partial charge in [0.1, 0.15) is 12.4 Å². The number of hydrogen-bond acceptors (Lipinski definition) is 8. The molecule has 0 aromatic carbocycles. The minimum atomic E-state index is -1.19. The molecule has 12 atom stereocenters. The number of aromatic nitrogens is 3. The zero-order chi connectivity index (χ0) is 38.4. The van der Waals surface area contributed by atoms with Gasteiger partial charge in [0.25, 0.3) is 5.91 Å². The summed E-state index contributed by atoms with van der Waals surface area (Å²) in [5, 5.41) is 17.7. The number of nitrogens with one attached hydrogen (secondary N) is 1. The van der Waals surface area contributed by atoms with Gasteiger partial charge in [-0.3, -0.25) is 4.79 Å². The Hall–Kier alpha value is -2.50. The van der Waals surface area contributed by atoms with Gasteiger partial charge in [-0.25, -0.2) is 14.5 Å².